The summed E-state index contributed by atoms with van der Waals surface area (Å²) in [5.74, 6) is 0. The van der Waals surface area contributed by atoms with Gasteiger partial charge in [-0.3, -0.25) is 0 Å². The van der Waals surface area contributed by atoms with Crippen molar-refractivity contribution in [2.45, 2.75) is 6.54 Å². The van der Waals surface area contributed by atoms with Crippen LogP contribution >= 0.6 is 11.6 Å². The second-order valence-electron chi connectivity index (χ2n) is 2.29. The SMILES string of the molecule is Bc1cc(CN)ccc1Cl. The van der Waals surface area contributed by atoms with Crippen LogP contribution in [0.3, 0.4) is 0 Å². The van der Waals surface area contributed by atoms with Crippen LogP contribution in [0.25, 0.3) is 0 Å². The Labute approximate surface area is 66.6 Å². The molecular weight excluding hydrogens is 144 g/mol. The maximum atomic E-state index is 5.80. The minimum absolute atomic E-state index is 0.581. The lowest BCUT2D eigenvalue weighted by Crippen LogP contribution is -2.07. The summed E-state index contributed by atoms with van der Waals surface area (Å²) in [4.78, 5) is 0. The molecule has 0 saturated heterocycles. The van der Waals surface area contributed by atoms with Crippen LogP contribution in [0.15, 0.2) is 18.2 Å². The molecule has 0 aliphatic heterocycles. The monoisotopic (exact) mass is 153 g/mol. The van der Waals surface area contributed by atoms with Crippen LogP contribution in [0.2, 0.25) is 5.02 Å². The van der Waals surface area contributed by atoms with Gasteiger partial charge in [-0.1, -0.05) is 29.2 Å². The van der Waals surface area contributed by atoms with E-state index < -0.39 is 0 Å². The Kier molecular flexibility index (Phi) is 2.36. The molecule has 0 atom stereocenters. The Morgan fingerprint density at radius 3 is 2.70 bits per heavy atom. The molecule has 0 amide bonds. The van der Waals surface area contributed by atoms with Gasteiger partial charge in [-0.15, -0.1) is 0 Å². The molecule has 0 radical (unpaired) electrons. The molecule has 52 valence electrons. The standard InChI is InChI=1S/C7H9BClN/c8-6-3-5(4-10)1-2-7(6)9/h1-3H,4,8,10H2. The van der Waals surface area contributed by atoms with Crippen molar-refractivity contribution in [2.75, 3.05) is 0 Å². The lowest BCUT2D eigenvalue weighted by molar-refractivity contribution is 1.07. The molecule has 1 aromatic carbocycles. The number of hydrogen-bond acceptors (Lipinski definition) is 1. The third kappa shape index (κ3) is 1.52. The molecule has 0 aliphatic rings. The zero-order valence-corrected chi connectivity index (χ0v) is 6.65. The fourth-order valence-corrected chi connectivity index (χ4v) is 0.951. The predicted octanol–water partition coefficient (Wildman–Crippen LogP) is 0.0571. The summed E-state index contributed by atoms with van der Waals surface area (Å²) < 4.78 is 0. The van der Waals surface area contributed by atoms with Gasteiger partial charge in [0.1, 0.15) is 7.85 Å². The van der Waals surface area contributed by atoms with Crippen LogP contribution in [0.4, 0.5) is 0 Å². The topological polar surface area (TPSA) is 26.0 Å². The smallest absolute Gasteiger partial charge is 0.141 e. The molecule has 10 heavy (non-hydrogen) atoms. The molecule has 0 aliphatic carbocycles. The molecule has 1 rings (SSSR count). The quantitative estimate of drug-likeness (QED) is 0.567. The second kappa shape index (κ2) is 3.08. The van der Waals surface area contributed by atoms with E-state index in [1.807, 2.05) is 26.0 Å². The van der Waals surface area contributed by atoms with E-state index in [9.17, 15) is 0 Å². The summed E-state index contributed by atoms with van der Waals surface area (Å²) >= 11 is 5.80. The van der Waals surface area contributed by atoms with Gasteiger partial charge in [-0.2, -0.15) is 0 Å². The Morgan fingerprint density at radius 2 is 2.20 bits per heavy atom. The van der Waals surface area contributed by atoms with E-state index in [0.29, 0.717) is 6.54 Å². The molecule has 2 N–H and O–H groups in total. The van der Waals surface area contributed by atoms with E-state index in [1.165, 1.54) is 0 Å². The van der Waals surface area contributed by atoms with Gasteiger partial charge in [-0.25, -0.2) is 0 Å². The first-order chi connectivity index (χ1) is 4.74. The van der Waals surface area contributed by atoms with Gasteiger partial charge in [0.15, 0.2) is 0 Å². The third-order valence-electron chi connectivity index (χ3n) is 1.46. The first kappa shape index (κ1) is 7.64. The summed E-state index contributed by atoms with van der Waals surface area (Å²) in [6.45, 7) is 0.581. The number of rotatable bonds is 1. The predicted molar refractivity (Wildman–Crippen MR) is 47.5 cm³/mol. The summed E-state index contributed by atoms with van der Waals surface area (Å²) in [6, 6.07) is 5.82. The molecule has 0 spiro atoms. The lowest BCUT2D eigenvalue weighted by Gasteiger charge is -1.99. The van der Waals surface area contributed by atoms with Crippen molar-refractivity contribution in [1.82, 2.24) is 0 Å². The highest BCUT2D eigenvalue weighted by Gasteiger charge is 1.94. The molecule has 1 nitrogen and oxygen atoms in total. The van der Waals surface area contributed by atoms with Crippen molar-refractivity contribution in [1.29, 1.82) is 0 Å². The summed E-state index contributed by atoms with van der Waals surface area (Å²) in [7, 11) is 1.97. The zero-order chi connectivity index (χ0) is 7.56. The zero-order valence-electron chi connectivity index (χ0n) is 5.89. The highest BCUT2D eigenvalue weighted by atomic mass is 35.5. The number of benzene rings is 1. The summed E-state index contributed by atoms with van der Waals surface area (Å²) in [6.07, 6.45) is 0. The van der Waals surface area contributed by atoms with Crippen molar-refractivity contribution in [3.8, 4) is 0 Å². The van der Waals surface area contributed by atoms with Gasteiger partial charge in [0.2, 0.25) is 0 Å². The van der Waals surface area contributed by atoms with Gasteiger partial charge in [-0.05, 0) is 11.6 Å². The minimum Gasteiger partial charge on any atom is -0.326 e. The van der Waals surface area contributed by atoms with Crippen molar-refractivity contribution in [3.63, 3.8) is 0 Å². The normalized spacial score (nSPS) is 9.80. The molecule has 0 saturated carbocycles. The number of hydrogen-bond donors (Lipinski definition) is 1. The van der Waals surface area contributed by atoms with E-state index in [2.05, 4.69) is 0 Å². The fraction of sp³-hybridized carbons (Fsp3) is 0.143. The molecule has 0 aromatic heterocycles. The Bertz CT molecular complexity index is 237. The third-order valence-corrected chi connectivity index (χ3v) is 1.88. The van der Waals surface area contributed by atoms with Crippen LogP contribution in [-0.4, -0.2) is 7.85 Å². The van der Waals surface area contributed by atoms with Gasteiger partial charge in [0.25, 0.3) is 0 Å². The van der Waals surface area contributed by atoms with Crippen LogP contribution < -0.4 is 11.2 Å². The Morgan fingerprint density at radius 1 is 1.50 bits per heavy atom. The van der Waals surface area contributed by atoms with E-state index in [-0.39, 0.29) is 0 Å². The molecule has 0 fully saturated rings. The van der Waals surface area contributed by atoms with Gasteiger partial charge >= 0.3 is 0 Å². The van der Waals surface area contributed by atoms with E-state index in [4.69, 9.17) is 17.3 Å². The minimum atomic E-state index is 0.581. The molecule has 0 bridgehead atoms. The van der Waals surface area contributed by atoms with Gasteiger partial charge in [0.05, 0.1) is 0 Å². The van der Waals surface area contributed by atoms with Crippen molar-refractivity contribution in [2.24, 2.45) is 5.73 Å². The number of nitrogens with two attached hydrogens (primary N) is 1. The molecular formula is C7H9BClN. The van der Waals surface area contributed by atoms with Crippen molar-refractivity contribution in [3.05, 3.63) is 28.8 Å². The Balaban J connectivity index is 3.04. The highest BCUT2D eigenvalue weighted by Crippen LogP contribution is 2.05. The van der Waals surface area contributed by atoms with Gasteiger partial charge < -0.3 is 5.73 Å². The van der Waals surface area contributed by atoms with Crippen LogP contribution in [0.5, 0.6) is 0 Å². The van der Waals surface area contributed by atoms with Crippen LogP contribution in [0, 0.1) is 0 Å². The number of halogens is 1. The summed E-state index contributed by atoms with van der Waals surface area (Å²) in [5, 5.41) is 0.803. The second-order valence-corrected chi connectivity index (χ2v) is 2.69. The van der Waals surface area contributed by atoms with Crippen molar-refractivity contribution < 1.29 is 0 Å². The van der Waals surface area contributed by atoms with Crippen LogP contribution in [-0.2, 0) is 6.54 Å². The maximum absolute atomic E-state index is 5.80. The van der Waals surface area contributed by atoms with Gasteiger partial charge in [0, 0.05) is 11.6 Å². The largest absolute Gasteiger partial charge is 0.326 e. The van der Waals surface area contributed by atoms with Crippen molar-refractivity contribution >= 4 is 24.9 Å². The van der Waals surface area contributed by atoms with E-state index in [1.54, 1.807) is 0 Å². The molecule has 0 heterocycles. The Hall–Kier alpha value is -0.465. The highest BCUT2D eigenvalue weighted by molar-refractivity contribution is 6.45. The van der Waals surface area contributed by atoms with Crippen LogP contribution in [0.1, 0.15) is 5.56 Å². The first-order valence-corrected chi connectivity index (χ1v) is 3.57. The maximum Gasteiger partial charge on any atom is 0.141 e. The molecule has 3 heteroatoms. The summed E-state index contributed by atoms with van der Waals surface area (Å²) in [5.41, 5.74) is 7.64. The van der Waals surface area contributed by atoms with E-state index in [0.717, 1.165) is 16.0 Å². The molecule has 1 aromatic rings. The molecule has 0 unspecified atom stereocenters. The first-order valence-electron chi connectivity index (χ1n) is 3.19. The average molecular weight is 153 g/mol. The average Bonchev–Trinajstić information content (AvgIpc) is 1.95. The van der Waals surface area contributed by atoms with E-state index >= 15 is 0 Å². The lowest BCUT2D eigenvalue weighted by atomic mass is 9.94. The fourth-order valence-electron chi connectivity index (χ4n) is 0.834.